The van der Waals surface area contributed by atoms with Gasteiger partial charge < -0.3 is 13.7 Å². The van der Waals surface area contributed by atoms with E-state index in [9.17, 15) is 0 Å². The van der Waals surface area contributed by atoms with Crippen LogP contribution in [0, 0.1) is 13.8 Å². The smallest absolute Gasteiger partial charge is 0.226 e. The number of hydrogen-bond acceptors (Lipinski definition) is 6. The van der Waals surface area contributed by atoms with Crippen molar-refractivity contribution in [2.75, 3.05) is 7.11 Å². The molecule has 0 spiro atoms. The maximum atomic E-state index is 5.73. The first-order valence-corrected chi connectivity index (χ1v) is 10.8. The van der Waals surface area contributed by atoms with Gasteiger partial charge in [-0.25, -0.2) is 4.98 Å². The minimum Gasteiger partial charge on any atom is -0.497 e. The maximum absolute atomic E-state index is 5.73. The molecule has 154 valence electrons. The van der Waals surface area contributed by atoms with Crippen LogP contribution in [-0.2, 0) is 12.3 Å². The number of rotatable bonds is 7. The van der Waals surface area contributed by atoms with Crippen LogP contribution in [0.25, 0.3) is 22.8 Å². The number of aromatic nitrogens is 4. The van der Waals surface area contributed by atoms with E-state index in [1.807, 2.05) is 24.3 Å². The molecule has 2 aromatic carbocycles. The largest absolute Gasteiger partial charge is 0.497 e. The van der Waals surface area contributed by atoms with Crippen LogP contribution in [0.15, 0.2) is 58.3 Å². The molecule has 0 aliphatic carbocycles. The van der Waals surface area contributed by atoms with Gasteiger partial charge in [-0.1, -0.05) is 29.5 Å². The molecule has 2 aromatic heterocycles. The summed E-state index contributed by atoms with van der Waals surface area (Å²) in [5.41, 5.74) is 5.30. The van der Waals surface area contributed by atoms with Gasteiger partial charge in [0.15, 0.2) is 11.0 Å². The molecule has 0 fully saturated rings. The highest BCUT2D eigenvalue weighted by Gasteiger charge is 2.15. The average molecular weight is 421 g/mol. The predicted molar refractivity (Wildman–Crippen MR) is 119 cm³/mol. The summed E-state index contributed by atoms with van der Waals surface area (Å²) in [5.74, 6) is 2.98. The maximum Gasteiger partial charge on any atom is 0.226 e. The number of hydrogen-bond donors (Lipinski definition) is 0. The van der Waals surface area contributed by atoms with Crippen molar-refractivity contribution in [2.45, 2.75) is 38.2 Å². The summed E-state index contributed by atoms with van der Waals surface area (Å²) in [5, 5.41) is 9.66. The number of aryl methyl sites for hydroxylation is 2. The van der Waals surface area contributed by atoms with Crippen molar-refractivity contribution in [3.8, 4) is 28.6 Å². The van der Waals surface area contributed by atoms with Gasteiger partial charge in [-0.15, -0.1) is 10.2 Å². The molecule has 4 rings (SSSR count). The number of nitrogens with zero attached hydrogens (tertiary/aromatic N) is 4. The number of benzene rings is 2. The number of oxazole rings is 1. The molecule has 0 unspecified atom stereocenters. The van der Waals surface area contributed by atoms with Crippen LogP contribution in [0.1, 0.15) is 23.7 Å². The SMILES string of the molecule is CCn1c(SCc2coc(-c3ccc(C)cc3C)n2)nnc1-c1ccc(OC)cc1. The summed E-state index contributed by atoms with van der Waals surface area (Å²) in [6.45, 7) is 7.03. The zero-order chi connectivity index (χ0) is 21.1. The van der Waals surface area contributed by atoms with Gasteiger partial charge in [-0.2, -0.15) is 0 Å². The summed E-state index contributed by atoms with van der Waals surface area (Å²) in [4.78, 5) is 4.67. The molecule has 0 saturated heterocycles. The second-order valence-electron chi connectivity index (χ2n) is 7.03. The van der Waals surface area contributed by atoms with Gasteiger partial charge in [-0.3, -0.25) is 0 Å². The predicted octanol–water partition coefficient (Wildman–Crippen LogP) is 5.54. The molecule has 0 radical (unpaired) electrons. The van der Waals surface area contributed by atoms with Gasteiger partial charge in [0.25, 0.3) is 0 Å². The summed E-state index contributed by atoms with van der Waals surface area (Å²) in [6.07, 6.45) is 1.72. The van der Waals surface area contributed by atoms with Gasteiger partial charge in [0.1, 0.15) is 12.0 Å². The summed E-state index contributed by atoms with van der Waals surface area (Å²) >= 11 is 1.61. The highest BCUT2D eigenvalue weighted by Crippen LogP contribution is 2.29. The van der Waals surface area contributed by atoms with Gasteiger partial charge in [0.2, 0.25) is 5.89 Å². The molecule has 2 heterocycles. The Hall–Kier alpha value is -3.06. The van der Waals surface area contributed by atoms with Crippen LogP contribution < -0.4 is 4.74 Å². The highest BCUT2D eigenvalue weighted by molar-refractivity contribution is 7.98. The average Bonchev–Trinajstić information content (AvgIpc) is 3.39. The fourth-order valence-corrected chi connectivity index (χ4v) is 4.20. The van der Waals surface area contributed by atoms with Crippen molar-refractivity contribution in [3.05, 3.63) is 65.5 Å². The first kappa shape index (κ1) is 20.2. The van der Waals surface area contributed by atoms with Gasteiger partial charge in [0.05, 0.1) is 12.8 Å². The van der Waals surface area contributed by atoms with E-state index in [0.29, 0.717) is 11.6 Å². The second-order valence-corrected chi connectivity index (χ2v) is 7.97. The zero-order valence-corrected chi connectivity index (χ0v) is 18.4. The first-order chi connectivity index (χ1) is 14.6. The van der Waals surface area contributed by atoms with Crippen molar-refractivity contribution >= 4 is 11.8 Å². The molecular weight excluding hydrogens is 396 g/mol. The molecular formula is C23H24N4O2S. The van der Waals surface area contributed by atoms with Crippen molar-refractivity contribution in [3.63, 3.8) is 0 Å². The third-order valence-corrected chi connectivity index (χ3v) is 5.89. The van der Waals surface area contributed by atoms with Gasteiger partial charge in [-0.05, 0) is 56.7 Å². The summed E-state index contributed by atoms with van der Waals surface area (Å²) in [7, 11) is 1.66. The van der Waals surface area contributed by atoms with Crippen LogP contribution in [-0.4, -0.2) is 26.9 Å². The third kappa shape index (κ3) is 4.11. The van der Waals surface area contributed by atoms with E-state index in [1.54, 1.807) is 25.1 Å². The molecule has 6 nitrogen and oxygen atoms in total. The fourth-order valence-electron chi connectivity index (χ4n) is 3.32. The zero-order valence-electron chi connectivity index (χ0n) is 17.5. The van der Waals surface area contributed by atoms with Crippen molar-refractivity contribution in [1.82, 2.24) is 19.7 Å². The number of ether oxygens (including phenoxy) is 1. The van der Waals surface area contributed by atoms with Crippen molar-refractivity contribution in [2.24, 2.45) is 0 Å². The standard InChI is InChI=1S/C23H24N4O2S/c1-5-27-21(17-7-9-19(28-4)10-8-17)25-26-23(27)30-14-18-13-29-22(24-18)20-11-6-15(2)12-16(20)3/h6-13H,5,14H2,1-4H3. The van der Waals surface area contributed by atoms with E-state index in [-0.39, 0.29) is 0 Å². The lowest BCUT2D eigenvalue weighted by atomic mass is 10.1. The molecule has 0 aliphatic heterocycles. The summed E-state index contributed by atoms with van der Waals surface area (Å²) in [6, 6.07) is 14.1. The highest BCUT2D eigenvalue weighted by atomic mass is 32.2. The lowest BCUT2D eigenvalue weighted by molar-refractivity contribution is 0.415. The first-order valence-electron chi connectivity index (χ1n) is 9.81. The monoisotopic (exact) mass is 420 g/mol. The Balaban J connectivity index is 1.50. The molecule has 0 saturated carbocycles. The van der Waals surface area contributed by atoms with Crippen LogP contribution in [0.2, 0.25) is 0 Å². The molecule has 0 N–H and O–H groups in total. The van der Waals surface area contributed by atoms with Crippen LogP contribution in [0.5, 0.6) is 5.75 Å². The van der Waals surface area contributed by atoms with Gasteiger partial charge in [0, 0.05) is 23.4 Å². The Morgan fingerprint density at radius 2 is 1.87 bits per heavy atom. The molecule has 0 aliphatic rings. The Labute approximate surface area is 180 Å². The number of methoxy groups -OCH3 is 1. The van der Waals surface area contributed by atoms with Crippen molar-refractivity contribution < 1.29 is 9.15 Å². The van der Waals surface area contributed by atoms with Crippen molar-refractivity contribution in [1.29, 1.82) is 0 Å². The molecule has 0 atom stereocenters. The van der Waals surface area contributed by atoms with E-state index >= 15 is 0 Å². The van der Waals surface area contributed by atoms with E-state index in [4.69, 9.17) is 9.15 Å². The van der Waals surface area contributed by atoms with E-state index in [1.165, 1.54) is 5.56 Å². The van der Waals surface area contributed by atoms with Gasteiger partial charge >= 0.3 is 0 Å². The van der Waals surface area contributed by atoms with Crippen LogP contribution in [0.4, 0.5) is 0 Å². The normalized spacial score (nSPS) is 11.1. The lowest BCUT2D eigenvalue weighted by Crippen LogP contribution is -2.00. The molecule has 4 aromatic rings. The second kappa shape index (κ2) is 8.75. The topological polar surface area (TPSA) is 66.0 Å². The van der Waals surface area contributed by atoms with E-state index in [0.717, 1.165) is 45.7 Å². The third-order valence-electron chi connectivity index (χ3n) is 4.89. The molecule has 30 heavy (non-hydrogen) atoms. The number of thioether (sulfide) groups is 1. The Morgan fingerprint density at radius 1 is 1.07 bits per heavy atom. The van der Waals surface area contributed by atoms with E-state index < -0.39 is 0 Å². The summed E-state index contributed by atoms with van der Waals surface area (Å²) < 4.78 is 13.1. The van der Waals surface area contributed by atoms with Crippen LogP contribution in [0.3, 0.4) is 0 Å². The van der Waals surface area contributed by atoms with Crippen LogP contribution >= 0.6 is 11.8 Å². The molecule has 0 bridgehead atoms. The van der Waals surface area contributed by atoms with E-state index in [2.05, 4.69) is 58.7 Å². The Bertz CT molecular complexity index is 1150. The lowest BCUT2D eigenvalue weighted by Gasteiger charge is -2.07. The minimum atomic E-state index is 0.652. The molecule has 7 heteroatoms. The Morgan fingerprint density at radius 3 is 2.57 bits per heavy atom. The minimum absolute atomic E-state index is 0.652. The Kier molecular flexibility index (Phi) is 5.90. The quantitative estimate of drug-likeness (QED) is 0.366. The fraction of sp³-hybridized carbons (Fsp3) is 0.261. The molecule has 0 amide bonds.